The van der Waals surface area contributed by atoms with Gasteiger partial charge in [0, 0.05) is 36.0 Å². The summed E-state index contributed by atoms with van der Waals surface area (Å²) in [5, 5.41) is 13.8. The molecule has 1 spiro atoms. The molecule has 1 amide bonds. The zero-order valence-corrected chi connectivity index (χ0v) is 21.8. The highest BCUT2D eigenvalue weighted by Crippen LogP contribution is 2.65. The normalized spacial score (nSPS) is 30.7. The third-order valence-electron chi connectivity index (χ3n) is 9.36. The number of hydrogen-bond acceptors (Lipinski definition) is 4. The van der Waals surface area contributed by atoms with Gasteiger partial charge in [-0.15, -0.1) is 13.2 Å². The molecule has 6 nitrogen and oxygen atoms in total. The van der Waals surface area contributed by atoms with Crippen LogP contribution >= 0.6 is 0 Å². The van der Waals surface area contributed by atoms with Crippen LogP contribution in [0.15, 0.2) is 54.8 Å². The molecule has 2 aliphatic heterocycles. The van der Waals surface area contributed by atoms with E-state index in [0.29, 0.717) is 29.7 Å². The van der Waals surface area contributed by atoms with E-state index in [9.17, 15) is 23.1 Å². The summed E-state index contributed by atoms with van der Waals surface area (Å²) in [6.45, 7) is 5.76. The number of amides is 1. The fourth-order valence-electron chi connectivity index (χ4n) is 7.82. The molecule has 1 saturated carbocycles. The summed E-state index contributed by atoms with van der Waals surface area (Å²) >= 11 is 0. The van der Waals surface area contributed by atoms with Gasteiger partial charge < -0.3 is 24.4 Å². The first kappa shape index (κ1) is 25.8. The summed E-state index contributed by atoms with van der Waals surface area (Å²) in [4.78, 5) is 13.2. The van der Waals surface area contributed by atoms with Crippen LogP contribution in [-0.4, -0.2) is 54.1 Å². The van der Waals surface area contributed by atoms with Gasteiger partial charge in [-0.05, 0) is 37.0 Å². The molecule has 2 bridgehead atoms. The molecule has 2 fully saturated rings. The highest BCUT2D eigenvalue weighted by atomic mass is 19.4. The molecule has 1 unspecified atom stereocenters. The topological polar surface area (TPSA) is 67.8 Å². The quantitative estimate of drug-likeness (QED) is 0.214. The van der Waals surface area contributed by atoms with E-state index in [4.69, 9.17) is 4.74 Å². The van der Waals surface area contributed by atoms with Crippen LogP contribution in [0.1, 0.15) is 42.4 Å². The first-order valence-electron chi connectivity index (χ1n) is 13.4. The van der Waals surface area contributed by atoms with Crippen LogP contribution < -0.4 is 10.1 Å². The number of benzene rings is 2. The summed E-state index contributed by atoms with van der Waals surface area (Å²) in [5.41, 5.74) is 2.01. The maximum absolute atomic E-state index is 13.2. The van der Waals surface area contributed by atoms with Gasteiger partial charge in [0.1, 0.15) is 17.6 Å². The van der Waals surface area contributed by atoms with Crippen molar-refractivity contribution in [1.29, 1.82) is 0 Å². The van der Waals surface area contributed by atoms with Gasteiger partial charge in [0.05, 0.1) is 37.3 Å². The minimum atomic E-state index is -5.06. The van der Waals surface area contributed by atoms with Crippen molar-refractivity contribution in [3.63, 3.8) is 0 Å². The van der Waals surface area contributed by atoms with E-state index in [1.807, 2.05) is 6.08 Å². The van der Waals surface area contributed by atoms with Crippen molar-refractivity contribution in [1.82, 2.24) is 0 Å². The highest BCUT2D eigenvalue weighted by molar-refractivity contribution is 6.06. The predicted molar refractivity (Wildman–Crippen MR) is 140 cm³/mol. The van der Waals surface area contributed by atoms with E-state index in [0.717, 1.165) is 60.5 Å². The minimum absolute atomic E-state index is 0.0269. The molecule has 6 rings (SSSR count). The van der Waals surface area contributed by atoms with Crippen LogP contribution in [0.25, 0.3) is 6.08 Å². The number of piperidine rings is 1. The third-order valence-corrected chi connectivity index (χ3v) is 9.36. The van der Waals surface area contributed by atoms with Crippen LogP contribution in [0.3, 0.4) is 0 Å². The number of anilines is 1. The van der Waals surface area contributed by atoms with Crippen molar-refractivity contribution in [3.05, 3.63) is 71.5 Å². The SMILES string of the molecule is C=CC[N+]1(C)CC[C@]23c4c5c(O)cc(NC(=O)C(=Cc6ccccc6)OC(F)(F)F)c4O[C@H]2CCC[C@H]3[C@H]1C5. The fraction of sp³-hybridized carbons (Fsp3) is 0.433. The zero-order valence-electron chi connectivity index (χ0n) is 21.8. The molecule has 2 aliphatic carbocycles. The summed E-state index contributed by atoms with van der Waals surface area (Å²) in [5.74, 6) is -1.14. The number of nitrogens with one attached hydrogen (secondary N) is 1. The zero-order chi connectivity index (χ0) is 27.6. The number of halogens is 3. The minimum Gasteiger partial charge on any atom is -0.508 e. The Morgan fingerprint density at radius 1 is 1.31 bits per heavy atom. The average molecular weight is 542 g/mol. The summed E-state index contributed by atoms with van der Waals surface area (Å²) < 4.78 is 51.2. The second kappa shape index (κ2) is 9.05. The van der Waals surface area contributed by atoms with Crippen LogP contribution in [0.5, 0.6) is 11.5 Å². The fourth-order valence-corrected chi connectivity index (χ4v) is 7.82. The van der Waals surface area contributed by atoms with Crippen molar-refractivity contribution in [2.45, 2.75) is 56.0 Å². The van der Waals surface area contributed by atoms with E-state index in [-0.39, 0.29) is 23.0 Å². The van der Waals surface area contributed by atoms with Crippen molar-refractivity contribution < 1.29 is 37.0 Å². The number of phenols is 1. The van der Waals surface area contributed by atoms with Crippen LogP contribution in [0.4, 0.5) is 18.9 Å². The maximum Gasteiger partial charge on any atom is 0.573 e. The Kier molecular flexibility index (Phi) is 5.98. The molecule has 0 radical (unpaired) electrons. The number of likely N-dealkylation sites (N-methyl/N-ethyl adjacent to an activating group) is 1. The number of alkyl halides is 3. The Hall–Kier alpha value is -3.46. The Balaban J connectivity index is 1.41. The molecule has 206 valence electrons. The van der Waals surface area contributed by atoms with Crippen LogP contribution in [0.2, 0.25) is 0 Å². The number of carbonyl (C=O) groups excluding carboxylic acids is 1. The van der Waals surface area contributed by atoms with Crippen molar-refractivity contribution >= 4 is 17.7 Å². The van der Waals surface area contributed by atoms with Gasteiger partial charge in [0.2, 0.25) is 0 Å². The van der Waals surface area contributed by atoms with Gasteiger partial charge in [-0.2, -0.15) is 0 Å². The lowest BCUT2D eigenvalue weighted by Gasteiger charge is -2.60. The number of nitrogens with zero attached hydrogens (tertiary/aromatic N) is 1. The van der Waals surface area contributed by atoms with E-state index >= 15 is 0 Å². The Morgan fingerprint density at radius 2 is 2.08 bits per heavy atom. The lowest BCUT2D eigenvalue weighted by atomic mass is 9.51. The Bertz CT molecular complexity index is 1360. The van der Waals surface area contributed by atoms with Crippen molar-refractivity contribution in [2.75, 3.05) is 25.5 Å². The molecule has 39 heavy (non-hydrogen) atoms. The maximum atomic E-state index is 13.2. The standard InChI is InChI=1S/C30H31F3N2O4/c1-3-13-35(2)14-12-29-20-10-7-11-25(29)38-27-21(17-23(36)19(26(27)29)16-22(20)35)34-28(37)24(39-30(31,32)33)15-18-8-5-4-6-9-18/h3-6,8-9,15,17,20,22,25H,1,7,10-14,16H2,2H3,(H-,34,36,37)/p+1/t20-,22+,25-,29+,35?/m0/s1. The monoisotopic (exact) mass is 541 g/mol. The summed E-state index contributed by atoms with van der Waals surface area (Å²) in [6.07, 6.45) is 2.31. The molecule has 2 aromatic rings. The van der Waals surface area contributed by atoms with Gasteiger partial charge in [0.15, 0.2) is 5.76 Å². The molecule has 2 aromatic carbocycles. The third kappa shape index (κ3) is 4.09. The summed E-state index contributed by atoms with van der Waals surface area (Å²) in [7, 11) is 2.26. The largest absolute Gasteiger partial charge is 0.573 e. The molecule has 2 N–H and O–H groups in total. The lowest BCUT2D eigenvalue weighted by molar-refractivity contribution is -0.940. The second-order valence-electron chi connectivity index (χ2n) is 11.4. The number of aromatic hydroxyl groups is 1. The van der Waals surface area contributed by atoms with E-state index in [1.54, 1.807) is 30.3 Å². The van der Waals surface area contributed by atoms with Crippen molar-refractivity contribution in [3.8, 4) is 11.5 Å². The summed E-state index contributed by atoms with van der Waals surface area (Å²) in [6, 6.07) is 9.87. The molecule has 9 heteroatoms. The van der Waals surface area contributed by atoms with E-state index in [2.05, 4.69) is 23.7 Å². The lowest BCUT2D eigenvalue weighted by Crippen LogP contribution is -2.70. The predicted octanol–water partition coefficient (Wildman–Crippen LogP) is 5.67. The van der Waals surface area contributed by atoms with Gasteiger partial charge in [-0.1, -0.05) is 36.9 Å². The van der Waals surface area contributed by atoms with Gasteiger partial charge in [-0.25, -0.2) is 0 Å². The van der Waals surface area contributed by atoms with Crippen LogP contribution in [-0.2, 0) is 21.4 Å². The van der Waals surface area contributed by atoms with E-state index in [1.165, 1.54) is 6.07 Å². The molecular formula is C30H32F3N2O4+. The van der Waals surface area contributed by atoms with Gasteiger partial charge >= 0.3 is 6.36 Å². The number of rotatable bonds is 6. The van der Waals surface area contributed by atoms with Gasteiger partial charge in [-0.3, -0.25) is 4.79 Å². The molecular weight excluding hydrogens is 509 g/mol. The number of ether oxygens (including phenoxy) is 2. The Morgan fingerprint density at radius 3 is 2.79 bits per heavy atom. The number of likely N-dealkylation sites (tertiary alicyclic amines) is 1. The number of carbonyl (C=O) groups is 1. The number of quaternary nitrogens is 1. The number of phenolic OH excluding ortho intramolecular Hbond substituents is 1. The molecule has 5 atom stereocenters. The van der Waals surface area contributed by atoms with E-state index < -0.39 is 18.0 Å². The van der Waals surface area contributed by atoms with Crippen LogP contribution in [0, 0.1) is 5.92 Å². The average Bonchev–Trinajstić information content (AvgIpc) is 3.22. The molecule has 1 saturated heterocycles. The second-order valence-corrected chi connectivity index (χ2v) is 11.4. The van der Waals surface area contributed by atoms with Crippen molar-refractivity contribution in [2.24, 2.45) is 5.92 Å². The highest BCUT2D eigenvalue weighted by Gasteiger charge is 2.67. The molecule has 2 heterocycles. The first-order chi connectivity index (χ1) is 18.6. The molecule has 4 aliphatic rings. The van der Waals surface area contributed by atoms with Gasteiger partial charge in [0.25, 0.3) is 5.91 Å². The first-order valence-corrected chi connectivity index (χ1v) is 13.4. The smallest absolute Gasteiger partial charge is 0.508 e. The Labute approximate surface area is 225 Å². The molecule has 0 aromatic heterocycles. The number of hydrogen-bond donors (Lipinski definition) is 2.